The van der Waals surface area contributed by atoms with Crippen molar-refractivity contribution in [2.24, 2.45) is 0 Å². The number of amides is 2. The van der Waals surface area contributed by atoms with Crippen molar-refractivity contribution in [3.63, 3.8) is 0 Å². The number of urea groups is 1. The largest absolute Gasteiger partial charge is 0.385 e. The Balaban J connectivity index is 1.45. The number of carbonyl (C=O) groups is 1. The standard InChI is InChI=1S/C17H30N6O2/c1-14(16-20-18-13-22(16)9-6-10-25-2)19-17(24)23-11-15(12-23)21-7-4-3-5-8-21/h13-15H,3-12H2,1-2H3,(H,19,24)/t14-/m0/s1. The van der Waals surface area contributed by atoms with Gasteiger partial charge in [-0.1, -0.05) is 6.42 Å². The van der Waals surface area contributed by atoms with Crippen LogP contribution < -0.4 is 5.32 Å². The van der Waals surface area contributed by atoms with Crippen molar-refractivity contribution in [3.8, 4) is 0 Å². The van der Waals surface area contributed by atoms with Gasteiger partial charge >= 0.3 is 6.03 Å². The average molecular weight is 350 g/mol. The van der Waals surface area contributed by atoms with Crippen LogP contribution in [0.15, 0.2) is 6.33 Å². The first-order valence-corrected chi connectivity index (χ1v) is 9.35. The zero-order valence-electron chi connectivity index (χ0n) is 15.4. The zero-order valence-corrected chi connectivity index (χ0v) is 15.4. The smallest absolute Gasteiger partial charge is 0.318 e. The monoisotopic (exact) mass is 350 g/mol. The van der Waals surface area contributed by atoms with Crippen LogP contribution in [0.5, 0.6) is 0 Å². The van der Waals surface area contributed by atoms with Crippen LogP contribution in [-0.2, 0) is 11.3 Å². The van der Waals surface area contributed by atoms with E-state index < -0.39 is 0 Å². The molecule has 0 spiro atoms. The number of nitrogens with zero attached hydrogens (tertiary/aromatic N) is 5. The quantitative estimate of drug-likeness (QED) is 0.749. The Labute approximate surface area is 149 Å². The molecule has 25 heavy (non-hydrogen) atoms. The summed E-state index contributed by atoms with van der Waals surface area (Å²) in [5.41, 5.74) is 0. The third kappa shape index (κ3) is 4.49. The first kappa shape index (κ1) is 18.1. The summed E-state index contributed by atoms with van der Waals surface area (Å²) in [5.74, 6) is 0.789. The number of ether oxygens (including phenoxy) is 1. The molecular formula is C17H30N6O2. The predicted molar refractivity (Wildman–Crippen MR) is 94.2 cm³/mol. The van der Waals surface area contributed by atoms with Crippen molar-refractivity contribution < 1.29 is 9.53 Å². The molecule has 3 rings (SSSR count). The summed E-state index contributed by atoms with van der Waals surface area (Å²) < 4.78 is 7.07. The number of methoxy groups -OCH3 is 1. The summed E-state index contributed by atoms with van der Waals surface area (Å²) >= 11 is 0. The number of nitrogens with one attached hydrogen (secondary N) is 1. The first-order chi connectivity index (χ1) is 12.2. The summed E-state index contributed by atoms with van der Waals surface area (Å²) in [5, 5.41) is 11.2. The minimum absolute atomic E-state index is 0.00722. The molecule has 2 aliphatic heterocycles. The third-order valence-corrected chi connectivity index (χ3v) is 5.18. The van der Waals surface area contributed by atoms with E-state index in [2.05, 4.69) is 20.4 Å². The van der Waals surface area contributed by atoms with Gasteiger partial charge in [-0.3, -0.25) is 4.90 Å². The second-order valence-electron chi connectivity index (χ2n) is 7.06. The van der Waals surface area contributed by atoms with Gasteiger partial charge in [0.2, 0.25) is 0 Å². The summed E-state index contributed by atoms with van der Waals surface area (Å²) in [4.78, 5) is 16.9. The molecule has 0 radical (unpaired) electrons. The van der Waals surface area contributed by atoms with Crippen LogP contribution in [-0.4, -0.2) is 76.5 Å². The summed E-state index contributed by atoms with van der Waals surface area (Å²) in [7, 11) is 1.69. The van der Waals surface area contributed by atoms with Gasteiger partial charge in [0.25, 0.3) is 0 Å². The molecule has 1 N–H and O–H groups in total. The van der Waals surface area contributed by atoms with Crippen molar-refractivity contribution >= 4 is 6.03 Å². The van der Waals surface area contributed by atoms with Crippen LogP contribution in [0.1, 0.15) is 44.5 Å². The fourth-order valence-electron chi connectivity index (χ4n) is 3.63. The molecule has 8 heteroatoms. The molecule has 2 aliphatic rings. The molecule has 0 unspecified atom stereocenters. The SMILES string of the molecule is COCCCn1cnnc1[C@H](C)NC(=O)N1CC(N2CCCCC2)C1. The van der Waals surface area contributed by atoms with Crippen molar-refractivity contribution in [1.82, 2.24) is 29.9 Å². The Morgan fingerprint density at radius 3 is 2.84 bits per heavy atom. The van der Waals surface area contributed by atoms with Crippen molar-refractivity contribution in [2.45, 2.75) is 51.2 Å². The van der Waals surface area contributed by atoms with Gasteiger partial charge in [-0.05, 0) is 39.3 Å². The average Bonchev–Trinajstić information content (AvgIpc) is 3.03. The molecule has 0 aromatic carbocycles. The fourth-order valence-corrected chi connectivity index (χ4v) is 3.63. The molecule has 0 bridgehead atoms. The number of aromatic nitrogens is 3. The number of rotatable bonds is 7. The fraction of sp³-hybridized carbons (Fsp3) is 0.824. The molecule has 2 amide bonds. The normalized spacial score (nSPS) is 20.3. The Morgan fingerprint density at radius 1 is 1.36 bits per heavy atom. The van der Waals surface area contributed by atoms with E-state index in [1.165, 1.54) is 32.4 Å². The van der Waals surface area contributed by atoms with Crippen LogP contribution in [0.25, 0.3) is 0 Å². The topological polar surface area (TPSA) is 75.5 Å². The molecule has 2 fully saturated rings. The minimum atomic E-state index is -0.161. The number of piperidine rings is 1. The molecule has 8 nitrogen and oxygen atoms in total. The molecule has 1 aromatic heterocycles. The lowest BCUT2D eigenvalue weighted by molar-refractivity contribution is 0.0442. The number of likely N-dealkylation sites (tertiary alicyclic amines) is 2. The number of aryl methyl sites for hydroxylation is 1. The van der Waals surface area contributed by atoms with E-state index in [-0.39, 0.29) is 12.1 Å². The van der Waals surface area contributed by atoms with Crippen LogP contribution in [0.4, 0.5) is 4.79 Å². The van der Waals surface area contributed by atoms with E-state index in [1.807, 2.05) is 16.4 Å². The number of hydrogen-bond donors (Lipinski definition) is 1. The number of carbonyl (C=O) groups excluding carboxylic acids is 1. The Kier molecular flexibility index (Phi) is 6.25. The molecule has 2 saturated heterocycles. The van der Waals surface area contributed by atoms with E-state index >= 15 is 0 Å². The Bertz CT molecular complexity index is 551. The van der Waals surface area contributed by atoms with Crippen molar-refractivity contribution in [2.75, 3.05) is 39.9 Å². The van der Waals surface area contributed by atoms with Crippen LogP contribution in [0.2, 0.25) is 0 Å². The highest BCUT2D eigenvalue weighted by Gasteiger charge is 2.35. The van der Waals surface area contributed by atoms with Gasteiger partial charge in [0.1, 0.15) is 6.33 Å². The second-order valence-corrected chi connectivity index (χ2v) is 7.06. The van der Waals surface area contributed by atoms with Crippen LogP contribution >= 0.6 is 0 Å². The Morgan fingerprint density at radius 2 is 2.12 bits per heavy atom. The minimum Gasteiger partial charge on any atom is -0.385 e. The second kappa shape index (κ2) is 8.62. The molecular weight excluding hydrogens is 320 g/mol. The van der Waals surface area contributed by atoms with E-state index in [9.17, 15) is 4.79 Å². The molecule has 0 saturated carbocycles. The third-order valence-electron chi connectivity index (χ3n) is 5.18. The lowest BCUT2D eigenvalue weighted by Crippen LogP contribution is -2.63. The predicted octanol–water partition coefficient (Wildman–Crippen LogP) is 1.26. The van der Waals surface area contributed by atoms with E-state index in [4.69, 9.17) is 4.74 Å². The summed E-state index contributed by atoms with van der Waals surface area (Å²) in [6, 6.07) is 0.373. The summed E-state index contributed by atoms with van der Waals surface area (Å²) in [6.07, 6.45) is 6.53. The van der Waals surface area contributed by atoms with Gasteiger partial charge in [0.15, 0.2) is 5.82 Å². The molecule has 1 aromatic rings. The lowest BCUT2D eigenvalue weighted by atomic mass is 10.0. The van der Waals surface area contributed by atoms with Crippen molar-refractivity contribution in [3.05, 3.63) is 12.2 Å². The van der Waals surface area contributed by atoms with Crippen LogP contribution in [0, 0.1) is 0 Å². The highest BCUT2D eigenvalue weighted by atomic mass is 16.5. The Hall–Kier alpha value is -1.67. The molecule has 1 atom stereocenters. The van der Waals surface area contributed by atoms with Gasteiger partial charge in [0, 0.05) is 39.4 Å². The highest BCUT2D eigenvalue weighted by Crippen LogP contribution is 2.20. The maximum Gasteiger partial charge on any atom is 0.318 e. The molecule has 140 valence electrons. The van der Waals surface area contributed by atoms with E-state index in [0.29, 0.717) is 12.6 Å². The van der Waals surface area contributed by atoms with Gasteiger partial charge in [0.05, 0.1) is 6.04 Å². The first-order valence-electron chi connectivity index (χ1n) is 9.35. The summed E-state index contributed by atoms with van der Waals surface area (Å²) in [6.45, 7) is 7.47. The zero-order chi connectivity index (χ0) is 17.6. The molecule has 3 heterocycles. The van der Waals surface area contributed by atoms with E-state index in [1.54, 1.807) is 13.4 Å². The maximum absolute atomic E-state index is 12.4. The molecule has 0 aliphatic carbocycles. The van der Waals surface area contributed by atoms with Gasteiger partial charge in [-0.25, -0.2) is 4.79 Å². The van der Waals surface area contributed by atoms with Gasteiger partial charge < -0.3 is 19.5 Å². The highest BCUT2D eigenvalue weighted by molar-refractivity contribution is 5.75. The van der Waals surface area contributed by atoms with Gasteiger partial charge in [-0.2, -0.15) is 0 Å². The van der Waals surface area contributed by atoms with Gasteiger partial charge in [-0.15, -0.1) is 10.2 Å². The lowest BCUT2D eigenvalue weighted by Gasteiger charge is -2.46. The maximum atomic E-state index is 12.4. The van der Waals surface area contributed by atoms with Crippen LogP contribution in [0.3, 0.4) is 0 Å². The van der Waals surface area contributed by atoms with E-state index in [0.717, 1.165) is 31.9 Å². The van der Waals surface area contributed by atoms with Crippen molar-refractivity contribution in [1.29, 1.82) is 0 Å². The number of hydrogen-bond acceptors (Lipinski definition) is 5.